The number of fused-ring (bicyclic) bond motifs is 5. The van der Waals surface area contributed by atoms with Gasteiger partial charge in [0.25, 0.3) is 5.91 Å². The van der Waals surface area contributed by atoms with Crippen LogP contribution in [0, 0.1) is 5.82 Å². The average molecular weight is 545 g/mol. The molecule has 0 radical (unpaired) electrons. The molecule has 3 aromatic rings. The van der Waals surface area contributed by atoms with Gasteiger partial charge in [0.15, 0.2) is 18.2 Å². The van der Waals surface area contributed by atoms with Crippen LogP contribution in [-0.4, -0.2) is 58.4 Å². The Bertz CT molecular complexity index is 1350. The van der Waals surface area contributed by atoms with Crippen molar-refractivity contribution >= 4 is 35.2 Å². The van der Waals surface area contributed by atoms with Gasteiger partial charge in [0.1, 0.15) is 5.82 Å². The number of carbonyl (C=O) groups excluding carboxylic acids is 1. The third kappa shape index (κ3) is 4.75. The fourth-order valence-corrected chi connectivity index (χ4v) is 5.60. The molecule has 10 nitrogen and oxygen atoms in total. The van der Waals surface area contributed by atoms with Crippen molar-refractivity contribution in [3.63, 3.8) is 0 Å². The lowest BCUT2D eigenvalue weighted by Gasteiger charge is -2.55. The third-order valence-corrected chi connectivity index (χ3v) is 7.91. The van der Waals surface area contributed by atoms with E-state index in [2.05, 4.69) is 25.6 Å². The monoisotopic (exact) mass is 544 g/mol. The predicted molar refractivity (Wildman–Crippen MR) is 140 cm³/mol. The van der Waals surface area contributed by atoms with Crippen LogP contribution in [0.3, 0.4) is 0 Å². The quantitative estimate of drug-likeness (QED) is 0.410. The van der Waals surface area contributed by atoms with E-state index in [0.717, 1.165) is 31.4 Å². The topological polar surface area (TPSA) is 134 Å². The lowest BCUT2D eigenvalue weighted by Crippen LogP contribution is -2.66. The molecule has 38 heavy (non-hydrogen) atoms. The number of nitrogens with one attached hydrogen (secondary N) is 2. The van der Waals surface area contributed by atoms with Crippen molar-refractivity contribution < 1.29 is 23.4 Å². The summed E-state index contributed by atoms with van der Waals surface area (Å²) in [6.45, 7) is 1.05. The van der Waals surface area contributed by atoms with E-state index < -0.39 is 17.5 Å². The molecule has 1 amide bonds. The van der Waals surface area contributed by atoms with Gasteiger partial charge in [-0.1, -0.05) is 0 Å². The number of amides is 1. The molecule has 6 heterocycles. The van der Waals surface area contributed by atoms with E-state index in [0.29, 0.717) is 47.2 Å². The number of anilines is 1. The molecule has 1 atom stereocenters. The number of nitrogens with zero attached hydrogens (tertiary/aromatic N) is 3. The van der Waals surface area contributed by atoms with Crippen LogP contribution < -0.4 is 25.8 Å². The fourth-order valence-electron chi connectivity index (χ4n) is 5.60. The van der Waals surface area contributed by atoms with Crippen molar-refractivity contribution in [1.29, 1.82) is 0 Å². The Morgan fingerprint density at radius 3 is 2.76 bits per heavy atom. The standard InChI is InChI=1S/C26H29FN6O4.ClH/c1-35-22-5-3-18-23(33-22)16(17(27)12-29-18)10-20(28)26-8-6-25(7-9-26,14-37-26)30-11-15-2-4-19-24(31-15)32-21(34)13-36-19;/h2-5,12,20,30H,6-11,13-14,28H2,1H3,(H,31,32,34);1H. The maximum absolute atomic E-state index is 14.9. The van der Waals surface area contributed by atoms with E-state index in [1.807, 2.05) is 12.1 Å². The van der Waals surface area contributed by atoms with Gasteiger partial charge in [-0.2, -0.15) is 0 Å². The molecule has 3 fully saturated rings. The molecule has 2 bridgehead atoms. The van der Waals surface area contributed by atoms with Gasteiger partial charge in [0, 0.05) is 29.8 Å². The number of ether oxygens (including phenoxy) is 3. The zero-order chi connectivity index (χ0) is 25.6. The SMILES string of the molecule is COc1ccc2ncc(F)c(CC(N)C34CCC(NCc5ccc6c(n5)NC(=O)CO6)(CC3)CO4)c2n1.Cl. The Hall–Kier alpha value is -3.12. The number of hydrogen-bond acceptors (Lipinski definition) is 9. The Kier molecular flexibility index (Phi) is 7.12. The highest BCUT2D eigenvalue weighted by Crippen LogP contribution is 2.46. The fraction of sp³-hybridized carbons (Fsp3) is 0.462. The highest BCUT2D eigenvalue weighted by atomic mass is 35.5. The average Bonchev–Trinajstić information content (AvgIpc) is 2.94. The van der Waals surface area contributed by atoms with Gasteiger partial charge in [-0.25, -0.2) is 14.4 Å². The molecule has 4 aliphatic rings. The van der Waals surface area contributed by atoms with E-state index in [1.54, 1.807) is 12.1 Å². The van der Waals surface area contributed by atoms with Crippen LogP contribution in [0.25, 0.3) is 11.0 Å². The number of halogens is 2. The Morgan fingerprint density at radius 1 is 1.21 bits per heavy atom. The van der Waals surface area contributed by atoms with Crippen LogP contribution >= 0.6 is 12.4 Å². The first kappa shape index (κ1) is 26.5. The van der Waals surface area contributed by atoms with Crippen molar-refractivity contribution in [2.24, 2.45) is 5.73 Å². The van der Waals surface area contributed by atoms with Crippen LogP contribution in [0.2, 0.25) is 0 Å². The normalized spacial score (nSPS) is 24.7. The summed E-state index contributed by atoms with van der Waals surface area (Å²) in [5, 5.41) is 6.38. The Labute approximate surface area is 225 Å². The maximum atomic E-state index is 14.9. The summed E-state index contributed by atoms with van der Waals surface area (Å²) < 4.78 is 31.9. The molecule has 7 rings (SSSR count). The molecule has 1 unspecified atom stereocenters. The molecule has 0 aromatic carbocycles. The zero-order valence-corrected chi connectivity index (χ0v) is 21.8. The first-order chi connectivity index (χ1) is 17.9. The zero-order valence-electron chi connectivity index (χ0n) is 21.0. The summed E-state index contributed by atoms with van der Waals surface area (Å²) in [6, 6.07) is 6.79. The second kappa shape index (κ2) is 10.2. The first-order valence-corrected chi connectivity index (χ1v) is 12.4. The largest absolute Gasteiger partial charge is 0.481 e. The minimum atomic E-state index is -0.518. The Morgan fingerprint density at radius 2 is 2.03 bits per heavy atom. The molecule has 1 saturated carbocycles. The lowest BCUT2D eigenvalue weighted by molar-refractivity contribution is -0.173. The van der Waals surface area contributed by atoms with Gasteiger partial charge in [0.05, 0.1) is 42.2 Å². The van der Waals surface area contributed by atoms with Crippen LogP contribution in [0.15, 0.2) is 30.5 Å². The van der Waals surface area contributed by atoms with E-state index in [9.17, 15) is 9.18 Å². The summed E-state index contributed by atoms with van der Waals surface area (Å²) >= 11 is 0. The van der Waals surface area contributed by atoms with Crippen LogP contribution in [0.5, 0.6) is 11.6 Å². The van der Waals surface area contributed by atoms with Gasteiger partial charge in [-0.3, -0.25) is 9.78 Å². The van der Waals surface area contributed by atoms with Crippen LogP contribution in [-0.2, 0) is 22.5 Å². The summed E-state index contributed by atoms with van der Waals surface area (Å²) in [6.07, 6.45) is 4.82. The molecule has 1 aliphatic carbocycles. The third-order valence-electron chi connectivity index (χ3n) is 7.91. The molecular formula is C26H30ClFN6O4. The predicted octanol–water partition coefficient (Wildman–Crippen LogP) is 2.67. The summed E-state index contributed by atoms with van der Waals surface area (Å²) in [5.74, 6) is 0.787. The molecule has 12 heteroatoms. The number of methoxy groups -OCH3 is 1. The molecule has 2 saturated heterocycles. The number of hydrogen-bond donors (Lipinski definition) is 3. The lowest BCUT2D eigenvalue weighted by atomic mass is 9.67. The van der Waals surface area contributed by atoms with Gasteiger partial charge in [-0.05, 0) is 50.3 Å². The van der Waals surface area contributed by atoms with Crippen molar-refractivity contribution in [1.82, 2.24) is 20.3 Å². The van der Waals surface area contributed by atoms with Crippen LogP contribution in [0.1, 0.15) is 36.9 Å². The molecular weight excluding hydrogens is 515 g/mol. The smallest absolute Gasteiger partial charge is 0.263 e. The van der Waals surface area contributed by atoms with Crippen molar-refractivity contribution in [2.75, 3.05) is 25.6 Å². The number of carbonyl (C=O) groups is 1. The van der Waals surface area contributed by atoms with E-state index in [-0.39, 0.29) is 36.9 Å². The van der Waals surface area contributed by atoms with E-state index in [4.69, 9.17) is 19.9 Å². The minimum absolute atomic E-state index is 0. The minimum Gasteiger partial charge on any atom is -0.481 e. The van der Waals surface area contributed by atoms with Gasteiger partial charge >= 0.3 is 0 Å². The molecule has 4 N–H and O–H groups in total. The first-order valence-electron chi connectivity index (χ1n) is 12.4. The highest BCUT2D eigenvalue weighted by molar-refractivity contribution is 5.94. The number of pyridine rings is 3. The van der Waals surface area contributed by atoms with Crippen molar-refractivity contribution in [3.8, 4) is 11.6 Å². The molecule has 0 spiro atoms. The summed E-state index contributed by atoms with van der Waals surface area (Å²) in [5.41, 5.74) is 8.33. The maximum Gasteiger partial charge on any atom is 0.263 e. The van der Waals surface area contributed by atoms with E-state index in [1.165, 1.54) is 13.3 Å². The summed E-state index contributed by atoms with van der Waals surface area (Å²) in [4.78, 5) is 24.7. The number of nitrogens with two attached hydrogens (primary N) is 1. The van der Waals surface area contributed by atoms with Crippen LogP contribution in [0.4, 0.5) is 10.2 Å². The number of aromatic nitrogens is 3. The second-order valence-corrected chi connectivity index (χ2v) is 10.1. The van der Waals surface area contributed by atoms with Gasteiger partial charge < -0.3 is 30.6 Å². The van der Waals surface area contributed by atoms with Crippen molar-refractivity contribution in [2.45, 2.75) is 55.8 Å². The number of rotatable bonds is 7. The Balaban J connectivity index is 0.00000294. The summed E-state index contributed by atoms with van der Waals surface area (Å²) in [7, 11) is 1.53. The van der Waals surface area contributed by atoms with Gasteiger partial charge in [0.2, 0.25) is 5.88 Å². The second-order valence-electron chi connectivity index (χ2n) is 10.1. The highest BCUT2D eigenvalue weighted by Gasteiger charge is 2.52. The van der Waals surface area contributed by atoms with E-state index >= 15 is 0 Å². The molecule has 202 valence electrons. The molecule has 3 aromatic heterocycles. The van der Waals surface area contributed by atoms with Gasteiger partial charge in [-0.15, -0.1) is 12.4 Å². The van der Waals surface area contributed by atoms with Crippen molar-refractivity contribution in [3.05, 3.63) is 47.5 Å². The molecule has 3 aliphatic heterocycles.